The fourth-order valence-corrected chi connectivity index (χ4v) is 5.04. The van der Waals surface area contributed by atoms with E-state index in [4.69, 9.17) is 4.74 Å². The Hall–Kier alpha value is -3.30. The molecule has 9 heteroatoms. The number of carbonyl (C=O) groups excluding carboxylic acids is 2. The largest absolute Gasteiger partial charge is 0.494 e. The van der Waals surface area contributed by atoms with E-state index in [0.717, 1.165) is 9.20 Å². The van der Waals surface area contributed by atoms with Gasteiger partial charge in [-0.25, -0.2) is 8.42 Å². The number of hydrogen-bond acceptors (Lipinski definition) is 6. The van der Waals surface area contributed by atoms with Gasteiger partial charge >= 0.3 is 0 Å². The van der Waals surface area contributed by atoms with Crippen LogP contribution in [0.2, 0.25) is 0 Å². The molecule has 0 saturated heterocycles. The van der Waals surface area contributed by atoms with Crippen molar-refractivity contribution in [3.8, 4) is 5.75 Å². The van der Waals surface area contributed by atoms with Gasteiger partial charge in [0.05, 0.1) is 17.2 Å². The van der Waals surface area contributed by atoms with Crippen LogP contribution >= 0.6 is 11.8 Å². The minimum Gasteiger partial charge on any atom is -0.494 e. The predicted octanol–water partition coefficient (Wildman–Crippen LogP) is 4.84. The van der Waals surface area contributed by atoms with E-state index < -0.39 is 22.5 Å². The molecule has 3 aromatic rings. The smallest absolute Gasteiger partial charge is 0.264 e. The lowest BCUT2D eigenvalue weighted by Crippen LogP contribution is -2.38. The number of benzene rings is 3. The zero-order valence-corrected chi connectivity index (χ0v) is 20.8. The van der Waals surface area contributed by atoms with Gasteiger partial charge < -0.3 is 10.1 Å². The molecule has 0 spiro atoms. The van der Waals surface area contributed by atoms with Crippen molar-refractivity contribution in [2.75, 3.05) is 29.0 Å². The number of amides is 1. The molecule has 0 radical (unpaired) electrons. The van der Waals surface area contributed by atoms with Crippen LogP contribution in [0.25, 0.3) is 0 Å². The molecule has 0 atom stereocenters. The number of anilines is 2. The molecule has 0 aliphatic carbocycles. The van der Waals surface area contributed by atoms with Crippen LogP contribution in [0, 0.1) is 0 Å². The Morgan fingerprint density at radius 1 is 1.00 bits per heavy atom. The number of Topliss-reactive ketones (excluding diaryl/α,β-unsaturated/α-hetero) is 1. The number of ether oxygens (including phenoxy) is 1. The lowest BCUT2D eigenvalue weighted by molar-refractivity contribution is -0.114. The Labute approximate surface area is 204 Å². The Morgan fingerprint density at radius 3 is 2.26 bits per heavy atom. The summed E-state index contributed by atoms with van der Waals surface area (Å²) >= 11 is 1.50. The van der Waals surface area contributed by atoms with Crippen LogP contribution < -0.4 is 14.4 Å². The van der Waals surface area contributed by atoms with Crippen molar-refractivity contribution in [3.63, 3.8) is 0 Å². The fraction of sp³-hybridized carbons (Fsp3) is 0.200. The number of ketones is 1. The summed E-state index contributed by atoms with van der Waals surface area (Å²) in [6, 6.07) is 19.5. The summed E-state index contributed by atoms with van der Waals surface area (Å²) in [5.74, 6) is -0.0827. The molecule has 0 bridgehead atoms. The topological polar surface area (TPSA) is 92.8 Å². The van der Waals surface area contributed by atoms with E-state index >= 15 is 0 Å². The average molecular weight is 499 g/mol. The minimum absolute atomic E-state index is 0.0746. The molecule has 0 aliphatic heterocycles. The van der Waals surface area contributed by atoms with Gasteiger partial charge in [0.2, 0.25) is 5.91 Å². The fourth-order valence-electron chi connectivity index (χ4n) is 3.21. The predicted molar refractivity (Wildman–Crippen MR) is 135 cm³/mol. The zero-order chi connectivity index (χ0) is 24.7. The highest BCUT2D eigenvalue weighted by Crippen LogP contribution is 2.27. The van der Waals surface area contributed by atoms with Gasteiger partial charge in [-0.1, -0.05) is 12.1 Å². The van der Waals surface area contributed by atoms with Crippen LogP contribution in [0.5, 0.6) is 5.75 Å². The van der Waals surface area contributed by atoms with Crippen molar-refractivity contribution in [3.05, 3.63) is 78.4 Å². The summed E-state index contributed by atoms with van der Waals surface area (Å²) in [4.78, 5) is 25.5. The van der Waals surface area contributed by atoms with Gasteiger partial charge in [-0.2, -0.15) is 0 Å². The average Bonchev–Trinajstić information content (AvgIpc) is 2.83. The van der Waals surface area contributed by atoms with Crippen LogP contribution in [0.3, 0.4) is 0 Å². The monoisotopic (exact) mass is 498 g/mol. The summed E-state index contributed by atoms with van der Waals surface area (Å²) in [6.45, 7) is 3.31. The molecule has 1 amide bonds. The first-order valence-electron chi connectivity index (χ1n) is 10.5. The van der Waals surface area contributed by atoms with E-state index in [2.05, 4.69) is 5.32 Å². The number of nitrogens with zero attached hydrogens (tertiary/aromatic N) is 1. The molecule has 0 fully saturated rings. The first kappa shape index (κ1) is 25.3. The minimum atomic E-state index is -4.04. The highest BCUT2D eigenvalue weighted by Gasteiger charge is 2.27. The third-order valence-corrected chi connectivity index (χ3v) is 7.45. The summed E-state index contributed by atoms with van der Waals surface area (Å²) in [5.41, 5.74) is 1.18. The van der Waals surface area contributed by atoms with Gasteiger partial charge in [0.15, 0.2) is 5.78 Å². The maximum Gasteiger partial charge on any atom is 0.264 e. The molecule has 34 heavy (non-hydrogen) atoms. The lowest BCUT2D eigenvalue weighted by Gasteiger charge is -2.24. The molecule has 7 nitrogen and oxygen atoms in total. The van der Waals surface area contributed by atoms with E-state index in [-0.39, 0.29) is 10.7 Å². The van der Waals surface area contributed by atoms with Crippen molar-refractivity contribution in [2.45, 2.75) is 23.6 Å². The van der Waals surface area contributed by atoms with Gasteiger partial charge in [0.1, 0.15) is 12.3 Å². The molecular weight excluding hydrogens is 472 g/mol. The molecule has 0 aliphatic rings. The maximum absolute atomic E-state index is 13.5. The van der Waals surface area contributed by atoms with Gasteiger partial charge in [-0.3, -0.25) is 13.9 Å². The van der Waals surface area contributed by atoms with E-state index in [1.165, 1.54) is 30.8 Å². The van der Waals surface area contributed by atoms with Crippen molar-refractivity contribution in [1.29, 1.82) is 0 Å². The van der Waals surface area contributed by atoms with E-state index in [1.807, 2.05) is 13.2 Å². The third-order valence-electron chi connectivity index (χ3n) is 4.92. The Bertz CT molecular complexity index is 1260. The number of carbonyl (C=O) groups is 2. The molecule has 1 N–H and O–H groups in total. The Morgan fingerprint density at radius 2 is 1.68 bits per heavy atom. The SMILES string of the molecule is CCOc1ccc(N(CC(=O)Nc2cccc(C(C)=O)c2)S(=O)(=O)c2ccc(SC)cc2)cc1. The highest BCUT2D eigenvalue weighted by molar-refractivity contribution is 7.98. The van der Waals surface area contributed by atoms with E-state index in [0.29, 0.717) is 29.3 Å². The zero-order valence-electron chi connectivity index (χ0n) is 19.1. The van der Waals surface area contributed by atoms with Gasteiger partial charge in [-0.05, 0) is 80.8 Å². The van der Waals surface area contributed by atoms with Crippen LogP contribution in [0.4, 0.5) is 11.4 Å². The molecule has 0 aromatic heterocycles. The van der Waals surface area contributed by atoms with E-state index in [1.54, 1.807) is 60.7 Å². The number of rotatable bonds is 10. The van der Waals surface area contributed by atoms with Gasteiger partial charge in [0.25, 0.3) is 10.0 Å². The first-order chi connectivity index (χ1) is 16.2. The van der Waals surface area contributed by atoms with Crippen molar-refractivity contribution in [1.82, 2.24) is 0 Å². The molecular formula is C25H26N2O5S2. The summed E-state index contributed by atoms with van der Waals surface area (Å²) < 4.78 is 33.6. The van der Waals surface area contributed by atoms with Gasteiger partial charge in [-0.15, -0.1) is 11.8 Å². The van der Waals surface area contributed by atoms with Crippen LogP contribution in [0.1, 0.15) is 24.2 Å². The molecule has 3 aromatic carbocycles. The summed E-state index contributed by atoms with van der Waals surface area (Å²) in [7, 11) is -4.04. The van der Waals surface area contributed by atoms with E-state index in [9.17, 15) is 18.0 Å². The number of nitrogens with one attached hydrogen (secondary N) is 1. The second kappa shape index (κ2) is 11.2. The first-order valence-corrected chi connectivity index (χ1v) is 13.2. The van der Waals surface area contributed by atoms with Crippen LogP contribution in [-0.2, 0) is 14.8 Å². The molecule has 0 unspecified atom stereocenters. The number of thioether (sulfide) groups is 1. The number of sulfonamides is 1. The van der Waals surface area contributed by atoms with Crippen molar-refractivity contribution >= 4 is 44.9 Å². The molecule has 0 heterocycles. The molecule has 0 saturated carbocycles. The summed E-state index contributed by atoms with van der Waals surface area (Å²) in [6.07, 6.45) is 1.90. The van der Waals surface area contributed by atoms with Crippen molar-refractivity contribution in [2.24, 2.45) is 0 Å². The van der Waals surface area contributed by atoms with Crippen LogP contribution in [-0.4, -0.2) is 39.5 Å². The third kappa shape index (κ3) is 6.18. The number of hydrogen-bond donors (Lipinski definition) is 1. The second-order valence-electron chi connectivity index (χ2n) is 7.30. The normalized spacial score (nSPS) is 11.0. The Kier molecular flexibility index (Phi) is 8.36. The molecule has 3 rings (SSSR count). The van der Waals surface area contributed by atoms with Crippen LogP contribution in [0.15, 0.2) is 82.6 Å². The summed E-state index contributed by atoms with van der Waals surface area (Å²) in [5, 5.41) is 2.69. The lowest BCUT2D eigenvalue weighted by atomic mass is 10.1. The maximum atomic E-state index is 13.5. The Balaban J connectivity index is 1.93. The highest BCUT2D eigenvalue weighted by atomic mass is 32.2. The standard InChI is InChI=1S/C25H26N2O5S2/c1-4-32-22-10-8-21(9-11-22)27(34(30,31)24-14-12-23(33-3)13-15-24)17-25(29)26-20-7-5-6-19(16-20)18(2)28/h5-16H,4,17H2,1-3H3,(H,26,29). The quantitative estimate of drug-likeness (QED) is 0.318. The molecule has 178 valence electrons. The van der Waals surface area contributed by atoms with Gasteiger partial charge in [0, 0.05) is 16.1 Å². The second-order valence-corrected chi connectivity index (χ2v) is 10.0. The van der Waals surface area contributed by atoms with Crippen molar-refractivity contribution < 1.29 is 22.7 Å².